The quantitative estimate of drug-likeness (QED) is 0.622. The minimum Gasteiger partial charge on any atom is -0.497 e. The van der Waals surface area contributed by atoms with Crippen LogP contribution in [0.4, 0.5) is 0 Å². The van der Waals surface area contributed by atoms with Crippen LogP contribution in [0.5, 0.6) is 11.5 Å². The molecule has 0 N–H and O–H groups in total. The summed E-state index contributed by atoms with van der Waals surface area (Å²) >= 11 is 12.0. The number of benzene rings is 2. The maximum absolute atomic E-state index is 9.35. The molecule has 3 nitrogen and oxygen atoms in total. The van der Waals surface area contributed by atoms with Crippen LogP contribution in [0, 0.1) is 11.3 Å². The molecular weight excluding hydrogens is 333 g/mol. The number of nitrogens with zero attached hydrogens (tertiary/aromatic N) is 1. The fourth-order valence-electron chi connectivity index (χ4n) is 2.22. The molecule has 5 heteroatoms. The highest BCUT2D eigenvalue weighted by atomic mass is 35.5. The smallest absolute Gasteiger partial charge is 0.119 e. The molecule has 0 aromatic heterocycles. The maximum Gasteiger partial charge on any atom is 0.119 e. The number of methoxy groups -OCH3 is 1. The van der Waals surface area contributed by atoms with E-state index in [4.69, 9.17) is 32.7 Å². The Hall–Kier alpha value is -1.89. The number of ether oxygens (including phenoxy) is 2. The minimum atomic E-state index is -0.265. The van der Waals surface area contributed by atoms with Gasteiger partial charge in [-0.25, -0.2) is 0 Å². The normalized spacial score (nSPS) is 11.6. The van der Waals surface area contributed by atoms with E-state index in [9.17, 15) is 5.26 Å². The van der Waals surface area contributed by atoms with E-state index in [-0.39, 0.29) is 5.92 Å². The van der Waals surface area contributed by atoms with Gasteiger partial charge in [-0.2, -0.15) is 5.26 Å². The average molecular weight is 350 g/mol. The Morgan fingerprint density at radius 1 is 1.09 bits per heavy atom. The molecule has 0 aliphatic rings. The van der Waals surface area contributed by atoms with Gasteiger partial charge in [-0.15, -0.1) is 0 Å². The Labute approximate surface area is 146 Å². The van der Waals surface area contributed by atoms with Crippen LogP contribution in [0.15, 0.2) is 42.5 Å². The lowest BCUT2D eigenvalue weighted by molar-refractivity contribution is 0.304. The molecule has 0 aliphatic carbocycles. The number of hydrogen-bond acceptors (Lipinski definition) is 3. The lowest BCUT2D eigenvalue weighted by atomic mass is 9.96. The molecule has 0 spiro atoms. The van der Waals surface area contributed by atoms with Crippen LogP contribution < -0.4 is 9.47 Å². The maximum atomic E-state index is 9.35. The number of rotatable bonds is 7. The highest BCUT2D eigenvalue weighted by Gasteiger charge is 2.14. The van der Waals surface area contributed by atoms with Gasteiger partial charge >= 0.3 is 0 Å². The lowest BCUT2D eigenvalue weighted by Gasteiger charge is -2.12. The monoisotopic (exact) mass is 349 g/mol. The summed E-state index contributed by atoms with van der Waals surface area (Å²) in [7, 11) is 1.62. The van der Waals surface area contributed by atoms with Crippen LogP contribution >= 0.6 is 23.2 Å². The molecule has 2 aromatic carbocycles. The van der Waals surface area contributed by atoms with Crippen molar-refractivity contribution in [1.82, 2.24) is 0 Å². The fourth-order valence-corrected chi connectivity index (χ4v) is 2.76. The third kappa shape index (κ3) is 5.06. The summed E-state index contributed by atoms with van der Waals surface area (Å²) in [5.41, 5.74) is 0.808. The van der Waals surface area contributed by atoms with E-state index in [1.165, 1.54) is 0 Å². The molecular formula is C18H17Cl2NO2. The van der Waals surface area contributed by atoms with Crippen molar-refractivity contribution in [2.45, 2.75) is 18.8 Å². The summed E-state index contributed by atoms with van der Waals surface area (Å²) in [5.74, 6) is 1.31. The van der Waals surface area contributed by atoms with Gasteiger partial charge in [0, 0.05) is 10.0 Å². The van der Waals surface area contributed by atoms with Gasteiger partial charge in [0.15, 0.2) is 0 Å². The number of nitriles is 1. The molecule has 0 amide bonds. The molecule has 0 bridgehead atoms. The zero-order valence-corrected chi connectivity index (χ0v) is 14.3. The summed E-state index contributed by atoms with van der Waals surface area (Å²) in [6.07, 6.45) is 1.43. The largest absolute Gasteiger partial charge is 0.497 e. The molecule has 2 rings (SSSR count). The first-order valence-electron chi connectivity index (χ1n) is 7.25. The Morgan fingerprint density at radius 2 is 1.78 bits per heavy atom. The van der Waals surface area contributed by atoms with Crippen molar-refractivity contribution in [1.29, 1.82) is 5.26 Å². The Kier molecular flexibility index (Phi) is 6.58. The lowest BCUT2D eigenvalue weighted by Crippen LogP contribution is -2.02. The van der Waals surface area contributed by atoms with E-state index in [0.717, 1.165) is 23.5 Å². The molecule has 0 saturated carbocycles. The first-order valence-corrected chi connectivity index (χ1v) is 8.01. The van der Waals surface area contributed by atoms with Crippen LogP contribution in [-0.4, -0.2) is 13.7 Å². The third-order valence-corrected chi connectivity index (χ3v) is 4.02. The zero-order valence-electron chi connectivity index (χ0n) is 12.8. The molecule has 0 radical (unpaired) electrons. The van der Waals surface area contributed by atoms with Gasteiger partial charge in [0.25, 0.3) is 0 Å². The van der Waals surface area contributed by atoms with Gasteiger partial charge in [0.1, 0.15) is 11.5 Å². The van der Waals surface area contributed by atoms with Crippen LogP contribution in [0.1, 0.15) is 24.3 Å². The van der Waals surface area contributed by atoms with Gasteiger partial charge in [-0.05, 0) is 54.8 Å². The summed E-state index contributed by atoms with van der Waals surface area (Å²) in [6, 6.07) is 14.9. The fraction of sp³-hybridized carbons (Fsp3) is 0.278. The standard InChI is InChI=1S/C18H17Cl2NO2/c1-22-15-5-7-16(8-6-15)23-10-2-3-13(12-21)17-9-4-14(19)11-18(17)20/h4-9,11,13H,2-3,10H2,1H3/t13-/m0/s1. The van der Waals surface area contributed by atoms with Crippen molar-refractivity contribution in [3.63, 3.8) is 0 Å². The van der Waals surface area contributed by atoms with Crippen molar-refractivity contribution in [2.24, 2.45) is 0 Å². The Bertz CT molecular complexity index is 680. The molecule has 1 atom stereocenters. The summed E-state index contributed by atoms with van der Waals surface area (Å²) in [4.78, 5) is 0. The van der Waals surface area contributed by atoms with Gasteiger partial charge in [0.05, 0.1) is 25.7 Å². The van der Waals surface area contributed by atoms with Crippen molar-refractivity contribution in [3.05, 3.63) is 58.1 Å². The molecule has 0 aliphatic heterocycles. The molecule has 120 valence electrons. The highest BCUT2D eigenvalue weighted by molar-refractivity contribution is 6.35. The predicted octanol–water partition coefficient (Wildman–Crippen LogP) is 5.47. The molecule has 0 unspecified atom stereocenters. The van der Waals surface area contributed by atoms with Gasteiger partial charge in [-0.1, -0.05) is 29.3 Å². The van der Waals surface area contributed by atoms with Crippen LogP contribution in [-0.2, 0) is 0 Å². The summed E-state index contributed by atoms with van der Waals surface area (Å²) < 4.78 is 10.8. The van der Waals surface area contributed by atoms with Gasteiger partial charge in [0.2, 0.25) is 0 Å². The number of halogens is 2. The second-order valence-corrected chi connectivity index (χ2v) is 5.86. The Balaban J connectivity index is 1.85. The summed E-state index contributed by atoms with van der Waals surface area (Å²) in [5, 5.41) is 10.4. The van der Waals surface area contributed by atoms with E-state index in [0.29, 0.717) is 23.1 Å². The molecule has 2 aromatic rings. The SMILES string of the molecule is COc1ccc(OCCC[C@@H](C#N)c2ccc(Cl)cc2Cl)cc1. The van der Waals surface area contributed by atoms with Crippen molar-refractivity contribution < 1.29 is 9.47 Å². The molecule has 0 fully saturated rings. The molecule has 0 heterocycles. The first-order chi connectivity index (χ1) is 11.1. The Morgan fingerprint density at radius 3 is 2.39 bits per heavy atom. The van der Waals surface area contributed by atoms with Gasteiger partial charge in [-0.3, -0.25) is 0 Å². The van der Waals surface area contributed by atoms with E-state index in [2.05, 4.69) is 6.07 Å². The second-order valence-electron chi connectivity index (χ2n) is 5.01. The van der Waals surface area contributed by atoms with E-state index in [1.54, 1.807) is 19.2 Å². The summed E-state index contributed by atoms with van der Waals surface area (Å²) in [6.45, 7) is 0.537. The van der Waals surface area contributed by atoms with E-state index in [1.807, 2.05) is 30.3 Å². The predicted molar refractivity (Wildman–Crippen MR) is 92.5 cm³/mol. The van der Waals surface area contributed by atoms with Crippen LogP contribution in [0.25, 0.3) is 0 Å². The average Bonchev–Trinajstić information content (AvgIpc) is 2.56. The number of hydrogen-bond donors (Lipinski definition) is 0. The van der Waals surface area contributed by atoms with Crippen LogP contribution in [0.2, 0.25) is 10.0 Å². The van der Waals surface area contributed by atoms with Crippen LogP contribution in [0.3, 0.4) is 0 Å². The van der Waals surface area contributed by atoms with E-state index < -0.39 is 0 Å². The van der Waals surface area contributed by atoms with Crippen molar-refractivity contribution in [2.75, 3.05) is 13.7 Å². The minimum absolute atomic E-state index is 0.265. The highest BCUT2D eigenvalue weighted by Crippen LogP contribution is 2.30. The van der Waals surface area contributed by atoms with E-state index >= 15 is 0 Å². The van der Waals surface area contributed by atoms with Gasteiger partial charge < -0.3 is 9.47 Å². The molecule has 23 heavy (non-hydrogen) atoms. The molecule has 0 saturated heterocycles. The zero-order chi connectivity index (χ0) is 16.7. The third-order valence-electron chi connectivity index (χ3n) is 3.46. The van der Waals surface area contributed by atoms with Crippen molar-refractivity contribution >= 4 is 23.2 Å². The first kappa shape index (κ1) is 17.5. The topological polar surface area (TPSA) is 42.2 Å². The second kappa shape index (κ2) is 8.67. The van der Waals surface area contributed by atoms with Crippen molar-refractivity contribution in [3.8, 4) is 17.6 Å².